The van der Waals surface area contributed by atoms with Crippen LogP contribution in [0.1, 0.15) is 23.6 Å². The standard InChI is InChI=1S/C18H18/c1-4-17-13(3)12(2)9-16-10-14-7-5-6-8-15(14)11-18(16)17/h5-11H,4H2,1-3H3. The summed E-state index contributed by atoms with van der Waals surface area (Å²) in [5.41, 5.74) is 4.34. The van der Waals surface area contributed by atoms with Crippen molar-refractivity contribution in [3.8, 4) is 0 Å². The predicted molar refractivity (Wildman–Crippen MR) is 80.3 cm³/mol. The molecule has 0 N–H and O–H groups in total. The molecule has 0 nitrogen and oxygen atoms in total. The fraction of sp³-hybridized carbons (Fsp3) is 0.222. The molecule has 0 radical (unpaired) electrons. The highest BCUT2D eigenvalue weighted by Gasteiger charge is 2.07. The van der Waals surface area contributed by atoms with E-state index in [2.05, 4.69) is 63.2 Å². The Balaban J connectivity index is 2.50. The molecule has 0 aromatic heterocycles. The van der Waals surface area contributed by atoms with E-state index >= 15 is 0 Å². The Morgan fingerprint density at radius 2 is 1.50 bits per heavy atom. The molecule has 0 saturated carbocycles. The van der Waals surface area contributed by atoms with Gasteiger partial charge in [0.15, 0.2) is 0 Å². The van der Waals surface area contributed by atoms with E-state index in [-0.39, 0.29) is 0 Å². The van der Waals surface area contributed by atoms with Crippen molar-refractivity contribution in [1.29, 1.82) is 0 Å². The minimum absolute atomic E-state index is 1.10. The molecule has 0 unspecified atom stereocenters. The van der Waals surface area contributed by atoms with E-state index in [4.69, 9.17) is 0 Å². The van der Waals surface area contributed by atoms with Gasteiger partial charge in [-0.1, -0.05) is 37.3 Å². The van der Waals surface area contributed by atoms with Gasteiger partial charge < -0.3 is 0 Å². The molecular formula is C18H18. The topological polar surface area (TPSA) is 0 Å². The van der Waals surface area contributed by atoms with Gasteiger partial charge in [-0.2, -0.15) is 0 Å². The van der Waals surface area contributed by atoms with E-state index in [1.165, 1.54) is 38.2 Å². The smallest absolute Gasteiger partial charge is 0.0143 e. The van der Waals surface area contributed by atoms with Crippen LogP contribution in [0.5, 0.6) is 0 Å². The SMILES string of the molecule is CCc1c(C)c(C)cc2cc3ccccc3cc12. The van der Waals surface area contributed by atoms with Crippen molar-refractivity contribution in [2.45, 2.75) is 27.2 Å². The zero-order chi connectivity index (χ0) is 12.7. The van der Waals surface area contributed by atoms with Crippen LogP contribution < -0.4 is 0 Å². The van der Waals surface area contributed by atoms with Crippen LogP contribution in [0.25, 0.3) is 21.5 Å². The molecular weight excluding hydrogens is 216 g/mol. The monoisotopic (exact) mass is 234 g/mol. The molecule has 0 aliphatic carbocycles. The molecule has 3 rings (SSSR count). The van der Waals surface area contributed by atoms with Crippen LogP contribution in [-0.2, 0) is 6.42 Å². The lowest BCUT2D eigenvalue weighted by Crippen LogP contribution is -1.93. The summed E-state index contributed by atoms with van der Waals surface area (Å²) >= 11 is 0. The van der Waals surface area contributed by atoms with E-state index in [1.54, 1.807) is 0 Å². The Hall–Kier alpha value is -1.82. The van der Waals surface area contributed by atoms with E-state index in [0.717, 1.165) is 6.42 Å². The molecule has 0 aliphatic heterocycles. The third kappa shape index (κ3) is 1.60. The minimum Gasteiger partial charge on any atom is -0.0616 e. The molecule has 0 aliphatic rings. The molecule has 18 heavy (non-hydrogen) atoms. The zero-order valence-electron chi connectivity index (χ0n) is 11.2. The first-order chi connectivity index (χ1) is 8.70. The van der Waals surface area contributed by atoms with Crippen molar-refractivity contribution in [1.82, 2.24) is 0 Å². The maximum absolute atomic E-state index is 2.34. The molecule has 0 saturated heterocycles. The molecule has 0 bridgehead atoms. The van der Waals surface area contributed by atoms with Crippen molar-refractivity contribution in [2.24, 2.45) is 0 Å². The Bertz CT molecular complexity index is 736. The summed E-state index contributed by atoms with van der Waals surface area (Å²) in [6.45, 7) is 6.70. The van der Waals surface area contributed by atoms with Crippen molar-refractivity contribution >= 4 is 21.5 Å². The summed E-state index contributed by atoms with van der Waals surface area (Å²) in [5, 5.41) is 5.45. The van der Waals surface area contributed by atoms with Gasteiger partial charge in [0.25, 0.3) is 0 Å². The van der Waals surface area contributed by atoms with Gasteiger partial charge in [0.1, 0.15) is 0 Å². The summed E-state index contributed by atoms with van der Waals surface area (Å²) in [4.78, 5) is 0. The predicted octanol–water partition coefficient (Wildman–Crippen LogP) is 5.17. The van der Waals surface area contributed by atoms with Crippen molar-refractivity contribution < 1.29 is 0 Å². The number of rotatable bonds is 1. The molecule has 0 heteroatoms. The summed E-state index contributed by atoms with van der Waals surface area (Å²) in [6, 6.07) is 15.6. The van der Waals surface area contributed by atoms with Crippen LogP contribution in [0.15, 0.2) is 42.5 Å². The number of hydrogen-bond donors (Lipinski definition) is 0. The molecule has 0 spiro atoms. The number of fused-ring (bicyclic) bond motifs is 2. The number of hydrogen-bond acceptors (Lipinski definition) is 0. The summed E-state index contributed by atoms with van der Waals surface area (Å²) in [5.74, 6) is 0. The molecule has 3 aromatic rings. The van der Waals surface area contributed by atoms with Crippen molar-refractivity contribution in [3.63, 3.8) is 0 Å². The molecule has 90 valence electrons. The summed E-state index contributed by atoms with van der Waals surface area (Å²) in [7, 11) is 0. The quantitative estimate of drug-likeness (QED) is 0.509. The van der Waals surface area contributed by atoms with Crippen LogP contribution >= 0.6 is 0 Å². The third-order valence-corrected chi connectivity index (χ3v) is 4.01. The van der Waals surface area contributed by atoms with Crippen LogP contribution in [0.2, 0.25) is 0 Å². The van der Waals surface area contributed by atoms with Crippen LogP contribution in [0.4, 0.5) is 0 Å². The highest BCUT2D eigenvalue weighted by atomic mass is 14.1. The molecule has 0 atom stereocenters. The van der Waals surface area contributed by atoms with Gasteiger partial charge in [-0.15, -0.1) is 0 Å². The second kappa shape index (κ2) is 4.13. The average molecular weight is 234 g/mol. The van der Waals surface area contributed by atoms with Gasteiger partial charge in [-0.3, -0.25) is 0 Å². The van der Waals surface area contributed by atoms with Gasteiger partial charge in [0.2, 0.25) is 0 Å². The highest BCUT2D eigenvalue weighted by Crippen LogP contribution is 2.29. The van der Waals surface area contributed by atoms with Crippen LogP contribution in [0, 0.1) is 13.8 Å². The van der Waals surface area contributed by atoms with E-state index in [9.17, 15) is 0 Å². The first-order valence-electron chi connectivity index (χ1n) is 6.62. The van der Waals surface area contributed by atoms with Crippen molar-refractivity contribution in [2.75, 3.05) is 0 Å². The van der Waals surface area contributed by atoms with Gasteiger partial charge in [0.05, 0.1) is 0 Å². The molecule has 0 amide bonds. The number of aryl methyl sites for hydroxylation is 2. The second-order valence-corrected chi connectivity index (χ2v) is 5.07. The number of benzene rings is 3. The molecule has 0 heterocycles. The Morgan fingerprint density at radius 1 is 0.833 bits per heavy atom. The maximum Gasteiger partial charge on any atom is -0.0143 e. The zero-order valence-corrected chi connectivity index (χ0v) is 11.2. The fourth-order valence-electron chi connectivity index (χ4n) is 2.88. The highest BCUT2D eigenvalue weighted by molar-refractivity contribution is 6.00. The van der Waals surface area contributed by atoms with E-state index in [1.807, 2.05) is 0 Å². The largest absolute Gasteiger partial charge is 0.0616 e. The lowest BCUT2D eigenvalue weighted by molar-refractivity contribution is 1.12. The van der Waals surface area contributed by atoms with Crippen molar-refractivity contribution in [3.05, 3.63) is 59.2 Å². The summed E-state index contributed by atoms with van der Waals surface area (Å²) in [6.07, 6.45) is 1.10. The minimum atomic E-state index is 1.10. The van der Waals surface area contributed by atoms with Gasteiger partial charge in [-0.05, 0) is 70.6 Å². The Labute approximate surface area is 108 Å². The van der Waals surface area contributed by atoms with Gasteiger partial charge in [-0.25, -0.2) is 0 Å². The lowest BCUT2D eigenvalue weighted by Gasteiger charge is -2.13. The van der Waals surface area contributed by atoms with E-state index in [0.29, 0.717) is 0 Å². The Kier molecular flexibility index (Phi) is 2.59. The van der Waals surface area contributed by atoms with Crippen LogP contribution in [-0.4, -0.2) is 0 Å². The van der Waals surface area contributed by atoms with Crippen LogP contribution in [0.3, 0.4) is 0 Å². The maximum atomic E-state index is 2.34. The van der Waals surface area contributed by atoms with E-state index < -0.39 is 0 Å². The normalized spacial score (nSPS) is 11.3. The second-order valence-electron chi connectivity index (χ2n) is 5.07. The molecule has 3 aromatic carbocycles. The Morgan fingerprint density at radius 3 is 2.17 bits per heavy atom. The lowest BCUT2D eigenvalue weighted by atomic mass is 9.92. The summed E-state index contributed by atoms with van der Waals surface area (Å²) < 4.78 is 0. The van der Waals surface area contributed by atoms with Gasteiger partial charge in [0, 0.05) is 0 Å². The first-order valence-corrected chi connectivity index (χ1v) is 6.62. The fourth-order valence-corrected chi connectivity index (χ4v) is 2.88. The van der Waals surface area contributed by atoms with Gasteiger partial charge >= 0.3 is 0 Å². The molecule has 0 fully saturated rings. The average Bonchev–Trinajstić information content (AvgIpc) is 2.38. The third-order valence-electron chi connectivity index (χ3n) is 4.01. The first kappa shape index (κ1) is 11.3.